The average molecular weight is 310 g/mol. The van der Waals surface area contributed by atoms with Crippen molar-refractivity contribution in [3.8, 4) is 5.75 Å². The molecule has 0 spiro atoms. The Balaban J connectivity index is 1.68. The van der Waals surface area contributed by atoms with Gasteiger partial charge in [-0.05, 0) is 36.8 Å². The molecule has 0 saturated carbocycles. The van der Waals surface area contributed by atoms with Crippen LogP contribution in [0.2, 0.25) is 0 Å². The van der Waals surface area contributed by atoms with E-state index < -0.39 is 11.6 Å². The number of fused-ring (bicyclic) bond motifs is 1. The minimum absolute atomic E-state index is 0.227. The van der Waals surface area contributed by atoms with E-state index in [2.05, 4.69) is 0 Å². The quantitative estimate of drug-likeness (QED) is 0.420. The third-order valence-corrected chi connectivity index (χ3v) is 3.35. The summed E-state index contributed by atoms with van der Waals surface area (Å²) in [6.07, 6.45) is 0. The molecule has 23 heavy (non-hydrogen) atoms. The second-order valence-corrected chi connectivity index (χ2v) is 4.97. The van der Waals surface area contributed by atoms with Gasteiger partial charge in [-0.3, -0.25) is 0 Å². The number of esters is 1. The van der Waals surface area contributed by atoms with Crippen molar-refractivity contribution in [3.63, 3.8) is 0 Å². The minimum atomic E-state index is -0.464. The van der Waals surface area contributed by atoms with Crippen molar-refractivity contribution in [1.29, 1.82) is 0 Å². The molecule has 0 N–H and O–H groups in total. The molecule has 0 aliphatic carbocycles. The molecule has 0 aliphatic rings. The second kappa shape index (κ2) is 6.36. The van der Waals surface area contributed by atoms with Crippen LogP contribution in [0.25, 0.3) is 11.0 Å². The molecule has 1 heterocycles. The molecule has 116 valence electrons. The lowest BCUT2D eigenvalue weighted by Gasteiger charge is -2.08. The van der Waals surface area contributed by atoms with Gasteiger partial charge < -0.3 is 13.9 Å². The zero-order valence-corrected chi connectivity index (χ0v) is 12.4. The fourth-order valence-corrected chi connectivity index (χ4v) is 2.20. The Morgan fingerprint density at radius 2 is 1.87 bits per heavy atom. The summed E-state index contributed by atoms with van der Waals surface area (Å²) in [6.45, 7) is 1.61. The molecule has 0 atom stereocenters. The highest BCUT2D eigenvalue weighted by molar-refractivity contribution is 5.89. The number of aryl methyl sites for hydroxylation is 1. The maximum absolute atomic E-state index is 11.8. The lowest BCUT2D eigenvalue weighted by molar-refractivity contribution is 0.0154. The van der Waals surface area contributed by atoms with Crippen molar-refractivity contribution in [2.75, 3.05) is 6.79 Å². The molecular weight excluding hydrogens is 296 g/mol. The Morgan fingerprint density at radius 3 is 2.65 bits per heavy atom. The minimum Gasteiger partial charge on any atom is -0.457 e. The molecule has 2 aromatic carbocycles. The number of rotatable bonds is 4. The molecule has 5 nitrogen and oxygen atoms in total. The summed E-state index contributed by atoms with van der Waals surface area (Å²) >= 11 is 0. The molecule has 1 aromatic heterocycles. The largest absolute Gasteiger partial charge is 0.457 e. The Bertz CT molecular complexity index is 896. The summed E-state index contributed by atoms with van der Waals surface area (Å²) in [5.74, 6) is -0.0131. The predicted molar refractivity (Wildman–Crippen MR) is 84.6 cm³/mol. The average Bonchev–Trinajstić information content (AvgIpc) is 2.55. The summed E-state index contributed by atoms with van der Waals surface area (Å²) in [7, 11) is 0. The van der Waals surface area contributed by atoms with Crippen LogP contribution in [0.3, 0.4) is 0 Å². The third kappa shape index (κ3) is 3.40. The number of hydrogen-bond donors (Lipinski definition) is 0. The van der Waals surface area contributed by atoms with Crippen molar-refractivity contribution in [1.82, 2.24) is 0 Å². The van der Waals surface area contributed by atoms with Crippen LogP contribution in [0.5, 0.6) is 5.75 Å². The fraction of sp³-hybridized carbons (Fsp3) is 0.111. The molecule has 3 rings (SSSR count). The van der Waals surface area contributed by atoms with Gasteiger partial charge in [-0.2, -0.15) is 0 Å². The molecule has 0 radical (unpaired) electrons. The Kier molecular flexibility index (Phi) is 4.10. The van der Waals surface area contributed by atoms with Gasteiger partial charge in [0.15, 0.2) is 0 Å². The van der Waals surface area contributed by atoms with Gasteiger partial charge in [-0.1, -0.05) is 18.2 Å². The Hall–Kier alpha value is -3.08. The van der Waals surface area contributed by atoms with Crippen LogP contribution in [0, 0.1) is 6.92 Å². The Labute approximate surface area is 132 Å². The van der Waals surface area contributed by atoms with Gasteiger partial charge in [0.05, 0.1) is 5.56 Å². The molecule has 0 unspecified atom stereocenters. The van der Waals surface area contributed by atoms with Crippen molar-refractivity contribution < 1.29 is 18.7 Å². The van der Waals surface area contributed by atoms with Crippen molar-refractivity contribution >= 4 is 16.9 Å². The molecule has 3 aromatic rings. The first-order valence-corrected chi connectivity index (χ1v) is 7.03. The first-order valence-electron chi connectivity index (χ1n) is 7.03. The zero-order chi connectivity index (χ0) is 16.2. The van der Waals surface area contributed by atoms with Crippen molar-refractivity contribution in [3.05, 3.63) is 76.1 Å². The van der Waals surface area contributed by atoms with E-state index >= 15 is 0 Å². The van der Waals surface area contributed by atoms with Gasteiger partial charge in [0.25, 0.3) is 0 Å². The van der Waals surface area contributed by atoms with Crippen LogP contribution >= 0.6 is 0 Å². The van der Waals surface area contributed by atoms with Crippen LogP contribution in [0.1, 0.15) is 15.9 Å². The van der Waals surface area contributed by atoms with E-state index in [0.29, 0.717) is 16.9 Å². The summed E-state index contributed by atoms with van der Waals surface area (Å²) in [4.78, 5) is 23.2. The second-order valence-electron chi connectivity index (χ2n) is 4.97. The van der Waals surface area contributed by atoms with E-state index in [9.17, 15) is 9.59 Å². The summed E-state index contributed by atoms with van der Waals surface area (Å²) in [6, 6.07) is 15.2. The maximum Gasteiger partial charge on any atom is 0.340 e. The lowest BCUT2D eigenvalue weighted by atomic mass is 10.1. The van der Waals surface area contributed by atoms with Crippen molar-refractivity contribution in [2.24, 2.45) is 0 Å². The molecule has 0 aliphatic heterocycles. The summed E-state index contributed by atoms with van der Waals surface area (Å²) in [5, 5.41) is 0.832. The summed E-state index contributed by atoms with van der Waals surface area (Å²) in [5.41, 5.74) is 1.30. The number of hydrogen-bond acceptors (Lipinski definition) is 5. The van der Waals surface area contributed by atoms with Gasteiger partial charge >= 0.3 is 11.6 Å². The van der Waals surface area contributed by atoms with Crippen molar-refractivity contribution in [2.45, 2.75) is 6.92 Å². The van der Waals surface area contributed by atoms with E-state index in [-0.39, 0.29) is 6.79 Å². The molecule has 0 saturated heterocycles. The standard InChI is InChI=1S/C18H14O5/c1-12-9-17(19)23-16-10-14(7-8-15(12)16)21-11-22-18(20)13-5-3-2-4-6-13/h2-10H,11H2,1H3. The van der Waals surface area contributed by atoms with E-state index in [1.807, 2.05) is 13.0 Å². The van der Waals surface area contributed by atoms with Gasteiger partial charge in [-0.25, -0.2) is 9.59 Å². The van der Waals surface area contributed by atoms with Crippen LogP contribution in [0.4, 0.5) is 0 Å². The third-order valence-electron chi connectivity index (χ3n) is 3.35. The fourth-order valence-electron chi connectivity index (χ4n) is 2.20. The lowest BCUT2D eigenvalue weighted by Crippen LogP contribution is -2.10. The zero-order valence-electron chi connectivity index (χ0n) is 12.4. The number of benzene rings is 2. The predicted octanol–water partition coefficient (Wildman–Crippen LogP) is 3.29. The van der Waals surface area contributed by atoms with Gasteiger partial charge in [0, 0.05) is 17.5 Å². The summed E-state index contributed by atoms with van der Waals surface area (Å²) < 4.78 is 15.6. The molecule has 0 bridgehead atoms. The smallest absolute Gasteiger partial charge is 0.340 e. The van der Waals surface area contributed by atoms with Gasteiger partial charge in [0.2, 0.25) is 6.79 Å². The monoisotopic (exact) mass is 310 g/mol. The molecule has 0 amide bonds. The van der Waals surface area contributed by atoms with Gasteiger partial charge in [0.1, 0.15) is 11.3 Å². The highest BCUT2D eigenvalue weighted by Gasteiger charge is 2.07. The SMILES string of the molecule is Cc1cc(=O)oc2cc(OCOC(=O)c3ccccc3)ccc12. The highest BCUT2D eigenvalue weighted by Crippen LogP contribution is 2.22. The maximum atomic E-state index is 11.8. The number of ether oxygens (including phenoxy) is 2. The molecule has 5 heteroatoms. The Morgan fingerprint density at radius 1 is 1.09 bits per heavy atom. The van der Waals surface area contributed by atoms with Gasteiger partial charge in [-0.15, -0.1) is 0 Å². The van der Waals surface area contributed by atoms with Crippen LogP contribution in [-0.4, -0.2) is 12.8 Å². The van der Waals surface area contributed by atoms with E-state index in [4.69, 9.17) is 13.9 Å². The molecule has 0 fully saturated rings. The first kappa shape index (κ1) is 14.8. The van der Waals surface area contributed by atoms with Crippen LogP contribution in [-0.2, 0) is 4.74 Å². The van der Waals surface area contributed by atoms with Crippen LogP contribution in [0.15, 0.2) is 63.8 Å². The highest BCUT2D eigenvalue weighted by atomic mass is 16.7. The van der Waals surface area contributed by atoms with E-state index in [1.54, 1.807) is 42.5 Å². The topological polar surface area (TPSA) is 65.7 Å². The normalized spacial score (nSPS) is 10.5. The van der Waals surface area contributed by atoms with E-state index in [0.717, 1.165) is 10.9 Å². The number of carbonyl (C=O) groups excluding carboxylic acids is 1. The molecular formula is C18H14O5. The first-order chi connectivity index (χ1) is 11.1. The number of carbonyl (C=O) groups is 1. The van der Waals surface area contributed by atoms with Crippen LogP contribution < -0.4 is 10.4 Å². The van der Waals surface area contributed by atoms with E-state index in [1.165, 1.54) is 6.07 Å².